The Morgan fingerprint density at radius 3 is 2.69 bits per heavy atom. The molecule has 0 unspecified atom stereocenters. The van der Waals surface area contributed by atoms with E-state index in [4.69, 9.17) is 15.2 Å². The summed E-state index contributed by atoms with van der Waals surface area (Å²) in [4.78, 5) is 19.4. The number of amides is 1. The monoisotopic (exact) mass is 406 g/mol. The van der Waals surface area contributed by atoms with Crippen molar-refractivity contribution in [3.05, 3.63) is 50.8 Å². The molecule has 7 heteroatoms. The number of thiophene rings is 1. The highest BCUT2D eigenvalue weighted by atomic mass is 32.1. The molecule has 3 heterocycles. The SMILES string of the molecule is Cc1noc2c1-c1sc(C)c(C)c1C(C1=CC=C(C#N)CC1)=N[C@H]2[C@@H](C)C(N)=O. The van der Waals surface area contributed by atoms with Crippen LogP contribution in [-0.4, -0.2) is 16.8 Å². The molecule has 1 aliphatic heterocycles. The van der Waals surface area contributed by atoms with Gasteiger partial charge in [0.15, 0.2) is 5.76 Å². The lowest BCUT2D eigenvalue weighted by Crippen LogP contribution is -2.26. The molecular weight excluding hydrogens is 384 g/mol. The molecule has 0 fully saturated rings. The first-order valence-corrected chi connectivity index (χ1v) is 10.4. The lowest BCUT2D eigenvalue weighted by atomic mass is 9.90. The minimum absolute atomic E-state index is 0.430. The number of nitrogens with two attached hydrogens (primary N) is 1. The van der Waals surface area contributed by atoms with Gasteiger partial charge in [0, 0.05) is 20.9 Å². The van der Waals surface area contributed by atoms with Gasteiger partial charge in [-0.25, -0.2) is 0 Å². The number of aromatic nitrogens is 1. The molecule has 148 valence electrons. The van der Waals surface area contributed by atoms with Gasteiger partial charge in [-0.05, 0) is 50.8 Å². The van der Waals surface area contributed by atoms with Crippen molar-refractivity contribution in [2.24, 2.45) is 16.6 Å². The summed E-state index contributed by atoms with van der Waals surface area (Å²) in [6, 6.07) is 1.69. The molecule has 6 nitrogen and oxygen atoms in total. The van der Waals surface area contributed by atoms with Gasteiger partial charge in [0.05, 0.1) is 29.0 Å². The van der Waals surface area contributed by atoms with E-state index < -0.39 is 17.9 Å². The van der Waals surface area contributed by atoms with Crippen molar-refractivity contribution in [1.82, 2.24) is 5.16 Å². The molecule has 2 atom stereocenters. The van der Waals surface area contributed by atoms with Crippen molar-refractivity contribution in [1.29, 1.82) is 5.26 Å². The van der Waals surface area contributed by atoms with E-state index in [1.807, 2.05) is 19.1 Å². The highest BCUT2D eigenvalue weighted by Gasteiger charge is 2.37. The van der Waals surface area contributed by atoms with Gasteiger partial charge in [-0.1, -0.05) is 18.2 Å². The molecule has 0 saturated heterocycles. The average Bonchev–Trinajstić information content (AvgIpc) is 3.17. The molecule has 0 saturated carbocycles. The molecule has 2 aromatic heterocycles. The summed E-state index contributed by atoms with van der Waals surface area (Å²) in [6.45, 7) is 7.88. The van der Waals surface area contributed by atoms with Gasteiger partial charge in [0.1, 0.15) is 6.04 Å². The number of carbonyl (C=O) groups excluding carboxylic acids is 1. The van der Waals surface area contributed by atoms with E-state index in [0.29, 0.717) is 12.2 Å². The molecule has 2 N–H and O–H groups in total. The van der Waals surface area contributed by atoms with Crippen molar-refractivity contribution < 1.29 is 9.32 Å². The molecule has 0 radical (unpaired) electrons. The average molecular weight is 407 g/mol. The maximum atomic E-state index is 12.1. The number of carbonyl (C=O) groups is 1. The Balaban J connectivity index is 2.02. The van der Waals surface area contributed by atoms with Gasteiger partial charge < -0.3 is 10.3 Å². The van der Waals surface area contributed by atoms with E-state index >= 15 is 0 Å². The van der Waals surface area contributed by atoms with Crippen LogP contribution in [0.1, 0.15) is 53.3 Å². The van der Waals surface area contributed by atoms with E-state index in [0.717, 1.165) is 45.0 Å². The quantitative estimate of drug-likeness (QED) is 0.812. The zero-order valence-corrected chi connectivity index (χ0v) is 17.7. The third kappa shape index (κ3) is 3.04. The van der Waals surface area contributed by atoms with Gasteiger partial charge in [-0.3, -0.25) is 9.79 Å². The minimum atomic E-state index is -0.541. The van der Waals surface area contributed by atoms with Crippen LogP contribution in [0.3, 0.4) is 0 Å². The third-order valence-corrected chi connectivity index (χ3v) is 7.02. The minimum Gasteiger partial charge on any atom is -0.369 e. The van der Waals surface area contributed by atoms with Crippen molar-refractivity contribution >= 4 is 23.0 Å². The molecule has 2 aromatic rings. The van der Waals surface area contributed by atoms with E-state index in [9.17, 15) is 10.1 Å². The smallest absolute Gasteiger partial charge is 0.222 e. The molecule has 2 aliphatic rings. The molecule has 1 amide bonds. The maximum absolute atomic E-state index is 12.1. The van der Waals surface area contributed by atoms with Crippen LogP contribution < -0.4 is 5.73 Å². The number of allylic oxidation sites excluding steroid dienone is 4. The first kappa shape index (κ1) is 19.3. The number of hydrogen-bond acceptors (Lipinski definition) is 6. The van der Waals surface area contributed by atoms with Gasteiger partial charge >= 0.3 is 0 Å². The van der Waals surface area contributed by atoms with Crippen molar-refractivity contribution in [2.75, 3.05) is 0 Å². The highest BCUT2D eigenvalue weighted by Crippen LogP contribution is 2.47. The van der Waals surface area contributed by atoms with Crippen LogP contribution in [-0.2, 0) is 4.79 Å². The second-order valence-electron chi connectivity index (χ2n) is 7.60. The van der Waals surface area contributed by atoms with Crippen molar-refractivity contribution in [2.45, 2.75) is 46.6 Å². The molecular formula is C22H22N4O2S. The fraction of sp³-hybridized carbons (Fsp3) is 0.364. The van der Waals surface area contributed by atoms with E-state index in [2.05, 4.69) is 25.1 Å². The zero-order valence-electron chi connectivity index (χ0n) is 16.9. The summed E-state index contributed by atoms with van der Waals surface area (Å²) in [5.74, 6) is -0.377. The number of nitriles is 1. The molecule has 0 bridgehead atoms. The second kappa shape index (κ2) is 7.12. The molecule has 0 aromatic carbocycles. The summed E-state index contributed by atoms with van der Waals surface area (Å²) in [5, 5.41) is 13.4. The Morgan fingerprint density at radius 2 is 2.07 bits per heavy atom. The standard InChI is InChI=1S/C22H22N4O2S/c1-10-13(4)29-21-16(10)19(15-7-5-14(9-23)6-8-15)25-18(11(2)22(24)27)20-17(21)12(3)26-28-20/h5,7,11,18H,6,8H2,1-4H3,(H2,24,27)/t11-,18+/m1/s1. The van der Waals surface area contributed by atoms with Gasteiger partial charge in [0.2, 0.25) is 5.91 Å². The summed E-state index contributed by atoms with van der Waals surface area (Å²) < 4.78 is 5.69. The normalized spacial score (nSPS) is 19.1. The predicted octanol–water partition coefficient (Wildman–Crippen LogP) is 4.46. The molecule has 1 aliphatic carbocycles. The van der Waals surface area contributed by atoms with Crippen LogP contribution >= 0.6 is 11.3 Å². The van der Waals surface area contributed by atoms with Gasteiger partial charge in [0.25, 0.3) is 0 Å². The Kier molecular flexibility index (Phi) is 4.75. The van der Waals surface area contributed by atoms with E-state index in [1.165, 1.54) is 10.4 Å². The van der Waals surface area contributed by atoms with Crippen LogP contribution in [0.4, 0.5) is 0 Å². The number of aryl methyl sites for hydroxylation is 2. The number of fused-ring (bicyclic) bond motifs is 3. The summed E-state index contributed by atoms with van der Waals surface area (Å²) in [6.07, 6.45) is 5.24. The summed E-state index contributed by atoms with van der Waals surface area (Å²) in [7, 11) is 0. The number of aliphatic imine (C=N–C) groups is 1. The fourth-order valence-electron chi connectivity index (χ4n) is 3.88. The maximum Gasteiger partial charge on any atom is 0.222 e. The predicted molar refractivity (Wildman–Crippen MR) is 113 cm³/mol. The topological polar surface area (TPSA) is 105 Å². The van der Waals surface area contributed by atoms with Crippen molar-refractivity contribution in [3.8, 4) is 16.5 Å². The Bertz CT molecular complexity index is 1160. The Labute approximate surface area is 173 Å². The third-order valence-electron chi connectivity index (χ3n) is 5.79. The van der Waals surface area contributed by atoms with Crippen LogP contribution in [0.2, 0.25) is 0 Å². The Morgan fingerprint density at radius 1 is 1.31 bits per heavy atom. The van der Waals surface area contributed by atoms with Crippen LogP contribution in [0.25, 0.3) is 10.4 Å². The summed E-state index contributed by atoms with van der Waals surface area (Å²) >= 11 is 1.69. The summed E-state index contributed by atoms with van der Waals surface area (Å²) in [5.41, 5.74) is 12.3. The number of primary amides is 1. The van der Waals surface area contributed by atoms with Crippen LogP contribution in [0.15, 0.2) is 32.8 Å². The zero-order chi connectivity index (χ0) is 20.9. The van der Waals surface area contributed by atoms with E-state index in [1.54, 1.807) is 18.3 Å². The molecule has 4 rings (SSSR count). The second-order valence-corrected chi connectivity index (χ2v) is 8.83. The van der Waals surface area contributed by atoms with Gasteiger partial charge in [-0.2, -0.15) is 5.26 Å². The Hall–Kier alpha value is -2.98. The molecule has 29 heavy (non-hydrogen) atoms. The lowest BCUT2D eigenvalue weighted by molar-refractivity contribution is -0.122. The first-order chi connectivity index (χ1) is 13.8. The fourth-order valence-corrected chi connectivity index (χ4v) is 5.14. The van der Waals surface area contributed by atoms with Gasteiger partial charge in [-0.15, -0.1) is 11.3 Å². The first-order valence-electron chi connectivity index (χ1n) is 9.57. The number of hydrogen-bond donors (Lipinski definition) is 1. The largest absolute Gasteiger partial charge is 0.369 e. The van der Waals surface area contributed by atoms with Crippen molar-refractivity contribution in [3.63, 3.8) is 0 Å². The van der Waals surface area contributed by atoms with Crippen LogP contribution in [0.5, 0.6) is 0 Å². The van der Waals surface area contributed by atoms with Crippen LogP contribution in [0, 0.1) is 38.0 Å². The molecule has 0 spiro atoms. The highest BCUT2D eigenvalue weighted by molar-refractivity contribution is 7.16. The number of nitrogens with zero attached hydrogens (tertiary/aromatic N) is 3. The lowest BCUT2D eigenvalue weighted by Gasteiger charge is -2.19. The number of rotatable bonds is 3. The van der Waals surface area contributed by atoms with E-state index in [-0.39, 0.29) is 0 Å².